The van der Waals surface area contributed by atoms with Crippen molar-refractivity contribution in [2.75, 3.05) is 0 Å². The van der Waals surface area contributed by atoms with Crippen molar-refractivity contribution in [3.05, 3.63) is 18.2 Å². The van der Waals surface area contributed by atoms with Gasteiger partial charge in [0.15, 0.2) is 0 Å². The zero-order valence-electron chi connectivity index (χ0n) is 7.06. The second-order valence-corrected chi connectivity index (χ2v) is 2.68. The second-order valence-electron chi connectivity index (χ2n) is 2.27. The van der Waals surface area contributed by atoms with Crippen molar-refractivity contribution in [1.82, 2.24) is 20.4 Å². The Morgan fingerprint density at radius 2 is 2.62 bits per heavy atom. The number of hydrogen-bond acceptors (Lipinski definition) is 4. The number of nitrogens with two attached hydrogens (primary N) is 1. The molecule has 1 aromatic heterocycles. The fourth-order valence-electron chi connectivity index (χ4n) is 0.681. The molecule has 0 aliphatic heterocycles. The maximum atomic E-state index is 5.02. The van der Waals surface area contributed by atoms with E-state index in [2.05, 4.69) is 20.9 Å². The van der Waals surface area contributed by atoms with Crippen LogP contribution >= 0.6 is 12.2 Å². The maximum absolute atomic E-state index is 5.02. The lowest BCUT2D eigenvalue weighted by molar-refractivity contribution is 0.896. The summed E-state index contributed by atoms with van der Waals surface area (Å²) in [6, 6.07) is 0. The Hall–Kier alpha value is -1.47. The summed E-state index contributed by atoms with van der Waals surface area (Å²) in [5.74, 6) is 5.02. The fraction of sp³-hybridized carbons (Fsp3) is 0.167. The monoisotopic (exact) mass is 198 g/mol. The summed E-state index contributed by atoms with van der Waals surface area (Å²) in [6.45, 7) is 0. The van der Waals surface area contributed by atoms with Crippen LogP contribution in [0, 0.1) is 0 Å². The van der Waals surface area contributed by atoms with Gasteiger partial charge < -0.3 is 4.57 Å². The van der Waals surface area contributed by atoms with Gasteiger partial charge in [-0.2, -0.15) is 5.10 Å². The Kier molecular flexibility index (Phi) is 3.35. The topological polar surface area (TPSA) is 80.3 Å². The number of rotatable bonds is 2. The van der Waals surface area contributed by atoms with Gasteiger partial charge in [0.25, 0.3) is 0 Å². The van der Waals surface area contributed by atoms with Gasteiger partial charge in [-0.05, 0) is 12.2 Å². The number of imidazole rings is 1. The third kappa shape index (κ3) is 2.80. The first-order valence-electron chi connectivity index (χ1n) is 3.50. The molecular formula is C6H10N6S. The molecule has 0 fully saturated rings. The Balaban J connectivity index is 2.50. The van der Waals surface area contributed by atoms with Crippen molar-refractivity contribution >= 4 is 23.5 Å². The van der Waals surface area contributed by atoms with Crippen LogP contribution in [0.4, 0.5) is 0 Å². The Bertz CT molecular complexity index is 317. The molecule has 0 aromatic carbocycles. The number of hydrogen-bond donors (Lipinski definition) is 3. The van der Waals surface area contributed by atoms with Crippen LogP contribution in [0.5, 0.6) is 0 Å². The molecule has 1 aromatic rings. The molecule has 6 nitrogen and oxygen atoms in total. The number of hydrazine groups is 1. The Morgan fingerprint density at radius 1 is 1.85 bits per heavy atom. The minimum atomic E-state index is 0.262. The van der Waals surface area contributed by atoms with Gasteiger partial charge in [-0.3, -0.25) is 10.9 Å². The van der Waals surface area contributed by atoms with E-state index in [9.17, 15) is 0 Å². The van der Waals surface area contributed by atoms with Crippen molar-refractivity contribution in [3.63, 3.8) is 0 Å². The van der Waals surface area contributed by atoms with Crippen molar-refractivity contribution in [1.29, 1.82) is 0 Å². The molecule has 0 saturated heterocycles. The van der Waals surface area contributed by atoms with E-state index in [1.54, 1.807) is 18.7 Å². The van der Waals surface area contributed by atoms with E-state index in [1.807, 2.05) is 11.6 Å². The van der Waals surface area contributed by atoms with Gasteiger partial charge in [0.05, 0.1) is 24.4 Å². The fourth-order valence-corrected chi connectivity index (χ4v) is 0.734. The third-order valence-corrected chi connectivity index (χ3v) is 1.56. The van der Waals surface area contributed by atoms with E-state index < -0.39 is 0 Å². The molecule has 0 unspecified atom stereocenters. The van der Waals surface area contributed by atoms with E-state index in [0.29, 0.717) is 0 Å². The maximum Gasteiger partial charge on any atom is 0.201 e. The van der Waals surface area contributed by atoms with Crippen molar-refractivity contribution in [2.24, 2.45) is 18.0 Å². The van der Waals surface area contributed by atoms with Gasteiger partial charge in [-0.1, -0.05) is 0 Å². The molecule has 0 radical (unpaired) electrons. The molecule has 1 rings (SSSR count). The second kappa shape index (κ2) is 4.53. The minimum absolute atomic E-state index is 0.262. The first kappa shape index (κ1) is 9.62. The molecule has 0 saturated carbocycles. The highest BCUT2D eigenvalue weighted by Gasteiger charge is 1.92. The Morgan fingerprint density at radius 3 is 3.15 bits per heavy atom. The van der Waals surface area contributed by atoms with Crippen LogP contribution in [0.1, 0.15) is 5.69 Å². The molecule has 0 aliphatic carbocycles. The zero-order valence-corrected chi connectivity index (χ0v) is 7.88. The summed E-state index contributed by atoms with van der Waals surface area (Å²) in [6.07, 6.45) is 4.96. The van der Waals surface area contributed by atoms with E-state index >= 15 is 0 Å². The van der Waals surface area contributed by atoms with Crippen LogP contribution < -0.4 is 16.7 Å². The van der Waals surface area contributed by atoms with Crippen molar-refractivity contribution in [3.8, 4) is 0 Å². The van der Waals surface area contributed by atoms with Crippen LogP contribution in [0.25, 0.3) is 0 Å². The predicted molar refractivity (Wildman–Crippen MR) is 53.9 cm³/mol. The number of nitrogens with zero attached hydrogens (tertiary/aromatic N) is 3. The van der Waals surface area contributed by atoms with Gasteiger partial charge in [-0.25, -0.2) is 10.8 Å². The first-order valence-corrected chi connectivity index (χ1v) is 3.91. The smallest absolute Gasteiger partial charge is 0.201 e. The molecule has 0 amide bonds. The van der Waals surface area contributed by atoms with Crippen LogP contribution in [-0.2, 0) is 7.05 Å². The molecule has 0 bridgehead atoms. The van der Waals surface area contributed by atoms with Gasteiger partial charge in [-0.15, -0.1) is 0 Å². The van der Waals surface area contributed by atoms with Crippen molar-refractivity contribution in [2.45, 2.75) is 0 Å². The lowest BCUT2D eigenvalue weighted by Crippen LogP contribution is -2.37. The molecule has 0 atom stereocenters. The quantitative estimate of drug-likeness (QED) is 0.248. The zero-order chi connectivity index (χ0) is 9.68. The average Bonchev–Trinajstić information content (AvgIpc) is 2.52. The number of hydrazone groups is 1. The van der Waals surface area contributed by atoms with Crippen LogP contribution in [0.2, 0.25) is 0 Å². The summed E-state index contributed by atoms with van der Waals surface area (Å²) in [5.41, 5.74) is 5.63. The first-order chi connectivity index (χ1) is 6.24. The predicted octanol–water partition coefficient (Wildman–Crippen LogP) is -0.908. The molecule has 7 heteroatoms. The average molecular weight is 198 g/mol. The molecule has 0 aliphatic rings. The van der Waals surface area contributed by atoms with E-state index in [-0.39, 0.29) is 5.11 Å². The minimum Gasteiger partial charge on any atom is -0.333 e. The number of nitrogens with one attached hydrogen (secondary N) is 2. The highest BCUT2D eigenvalue weighted by molar-refractivity contribution is 7.80. The van der Waals surface area contributed by atoms with Crippen LogP contribution in [0.15, 0.2) is 17.6 Å². The van der Waals surface area contributed by atoms with E-state index in [4.69, 9.17) is 18.1 Å². The summed E-state index contributed by atoms with van der Waals surface area (Å²) in [5, 5.41) is 4.09. The van der Waals surface area contributed by atoms with E-state index in [1.165, 1.54) is 0 Å². The largest absolute Gasteiger partial charge is 0.333 e. The highest BCUT2D eigenvalue weighted by Crippen LogP contribution is 1.89. The molecule has 0 spiro atoms. The summed E-state index contributed by atoms with van der Waals surface area (Å²) in [7, 11) is 1.87. The molecular weight excluding hydrogens is 188 g/mol. The Labute approximate surface area is 80.8 Å². The molecule has 4 N–H and O–H groups in total. The SMILES string of the molecule is Cn1cncc1C=NNC(=S)NN. The highest BCUT2D eigenvalue weighted by atomic mass is 32.1. The lowest BCUT2D eigenvalue weighted by atomic mass is 10.5. The molecule has 70 valence electrons. The lowest BCUT2D eigenvalue weighted by Gasteiger charge is -1.99. The summed E-state index contributed by atoms with van der Waals surface area (Å²) < 4.78 is 1.82. The van der Waals surface area contributed by atoms with Gasteiger partial charge in [0, 0.05) is 7.05 Å². The standard InChI is InChI=1S/C6H10N6S/c1-12-4-8-2-5(12)3-9-11-6(13)10-7/h2-4H,7H2,1H3,(H2,10,11,13). The van der Waals surface area contributed by atoms with E-state index in [0.717, 1.165) is 5.69 Å². The van der Waals surface area contributed by atoms with Crippen molar-refractivity contribution < 1.29 is 0 Å². The summed E-state index contributed by atoms with van der Waals surface area (Å²) in [4.78, 5) is 3.91. The van der Waals surface area contributed by atoms with Gasteiger partial charge >= 0.3 is 0 Å². The number of aryl methyl sites for hydroxylation is 1. The molecule has 1 heterocycles. The third-order valence-electron chi connectivity index (χ3n) is 1.35. The molecule has 13 heavy (non-hydrogen) atoms. The summed E-state index contributed by atoms with van der Waals surface area (Å²) >= 11 is 4.70. The normalized spacial score (nSPS) is 10.3. The van der Waals surface area contributed by atoms with Gasteiger partial charge in [0.1, 0.15) is 0 Å². The van der Waals surface area contributed by atoms with Crippen LogP contribution in [-0.4, -0.2) is 20.9 Å². The number of aromatic nitrogens is 2. The van der Waals surface area contributed by atoms with Gasteiger partial charge in [0.2, 0.25) is 5.11 Å². The number of thiocarbonyl (C=S) groups is 1. The van der Waals surface area contributed by atoms with Crippen LogP contribution in [0.3, 0.4) is 0 Å².